The highest BCUT2D eigenvalue weighted by Gasteiger charge is 2.06. The number of hydrogen-bond donors (Lipinski definition) is 1. The van der Waals surface area contributed by atoms with Crippen molar-refractivity contribution in [1.82, 2.24) is 4.90 Å². The fraction of sp³-hybridized carbons (Fsp3) is 0.294. The SMILES string of the molecule is CCc1ccc(CN(C)Cc2ccc(F)cc2N)cc1. The van der Waals surface area contributed by atoms with E-state index in [2.05, 4.69) is 36.1 Å². The molecule has 0 fully saturated rings. The van der Waals surface area contributed by atoms with Gasteiger partial charge in [-0.25, -0.2) is 4.39 Å². The van der Waals surface area contributed by atoms with E-state index in [9.17, 15) is 4.39 Å². The summed E-state index contributed by atoms with van der Waals surface area (Å²) in [5.74, 6) is -0.288. The normalized spacial score (nSPS) is 11.0. The van der Waals surface area contributed by atoms with Gasteiger partial charge in [0.2, 0.25) is 0 Å². The maximum Gasteiger partial charge on any atom is 0.125 e. The first-order valence-electron chi connectivity index (χ1n) is 6.88. The van der Waals surface area contributed by atoms with E-state index in [-0.39, 0.29) is 5.82 Å². The van der Waals surface area contributed by atoms with Crippen LogP contribution in [0.25, 0.3) is 0 Å². The highest BCUT2D eigenvalue weighted by atomic mass is 19.1. The van der Waals surface area contributed by atoms with Crippen molar-refractivity contribution in [2.45, 2.75) is 26.4 Å². The van der Waals surface area contributed by atoms with Crippen LogP contribution in [0.5, 0.6) is 0 Å². The van der Waals surface area contributed by atoms with Crippen molar-refractivity contribution >= 4 is 5.69 Å². The van der Waals surface area contributed by atoms with Crippen molar-refractivity contribution in [1.29, 1.82) is 0 Å². The Balaban J connectivity index is 1.99. The van der Waals surface area contributed by atoms with Crippen molar-refractivity contribution in [2.24, 2.45) is 0 Å². The summed E-state index contributed by atoms with van der Waals surface area (Å²) in [6, 6.07) is 13.2. The third kappa shape index (κ3) is 3.81. The third-order valence-electron chi connectivity index (χ3n) is 3.43. The summed E-state index contributed by atoms with van der Waals surface area (Å²) >= 11 is 0. The van der Waals surface area contributed by atoms with Gasteiger partial charge < -0.3 is 5.73 Å². The van der Waals surface area contributed by atoms with Gasteiger partial charge in [-0.15, -0.1) is 0 Å². The second kappa shape index (κ2) is 6.53. The van der Waals surface area contributed by atoms with Crippen LogP contribution in [0.1, 0.15) is 23.6 Å². The van der Waals surface area contributed by atoms with Gasteiger partial charge in [0.1, 0.15) is 5.82 Å². The average molecular weight is 272 g/mol. The van der Waals surface area contributed by atoms with Crippen LogP contribution in [-0.2, 0) is 19.5 Å². The topological polar surface area (TPSA) is 29.3 Å². The Morgan fingerprint density at radius 2 is 1.65 bits per heavy atom. The molecule has 0 amide bonds. The highest BCUT2D eigenvalue weighted by Crippen LogP contribution is 2.16. The van der Waals surface area contributed by atoms with Gasteiger partial charge in [0.15, 0.2) is 0 Å². The van der Waals surface area contributed by atoms with Crippen molar-refractivity contribution in [3.05, 3.63) is 65.0 Å². The number of benzene rings is 2. The fourth-order valence-corrected chi connectivity index (χ4v) is 2.25. The second-order valence-electron chi connectivity index (χ2n) is 5.19. The molecule has 0 saturated carbocycles. The lowest BCUT2D eigenvalue weighted by Gasteiger charge is -2.18. The summed E-state index contributed by atoms with van der Waals surface area (Å²) in [5.41, 5.74) is 9.92. The van der Waals surface area contributed by atoms with E-state index < -0.39 is 0 Å². The molecule has 2 N–H and O–H groups in total. The van der Waals surface area contributed by atoms with E-state index in [1.165, 1.54) is 23.3 Å². The molecule has 0 saturated heterocycles. The van der Waals surface area contributed by atoms with Gasteiger partial charge >= 0.3 is 0 Å². The third-order valence-corrected chi connectivity index (χ3v) is 3.43. The van der Waals surface area contributed by atoms with E-state index >= 15 is 0 Å². The highest BCUT2D eigenvalue weighted by molar-refractivity contribution is 5.46. The first-order valence-corrected chi connectivity index (χ1v) is 6.88. The Hall–Kier alpha value is -1.87. The summed E-state index contributed by atoms with van der Waals surface area (Å²) in [6.45, 7) is 3.71. The lowest BCUT2D eigenvalue weighted by molar-refractivity contribution is 0.319. The molecule has 0 heterocycles. The first-order chi connectivity index (χ1) is 9.58. The Bertz CT molecular complexity index is 564. The van der Waals surface area contributed by atoms with Crippen LogP contribution < -0.4 is 5.73 Å². The van der Waals surface area contributed by atoms with E-state index in [0.29, 0.717) is 12.2 Å². The van der Waals surface area contributed by atoms with Gasteiger partial charge in [-0.05, 0) is 42.3 Å². The fourth-order valence-electron chi connectivity index (χ4n) is 2.25. The molecule has 0 aromatic heterocycles. The first kappa shape index (κ1) is 14.5. The molecule has 0 bridgehead atoms. The molecule has 0 atom stereocenters. The molecule has 2 aromatic rings. The minimum absolute atomic E-state index is 0.288. The number of rotatable bonds is 5. The maximum absolute atomic E-state index is 13.0. The Morgan fingerprint density at radius 1 is 1.00 bits per heavy atom. The molecule has 0 aliphatic heterocycles. The molecular weight excluding hydrogens is 251 g/mol. The number of hydrogen-bond acceptors (Lipinski definition) is 2. The number of aryl methyl sites for hydroxylation is 1. The molecule has 3 heteroatoms. The predicted molar refractivity (Wildman–Crippen MR) is 81.8 cm³/mol. The van der Waals surface area contributed by atoms with Crippen LogP contribution in [0, 0.1) is 5.82 Å². The summed E-state index contributed by atoms with van der Waals surface area (Å²) in [7, 11) is 2.04. The van der Waals surface area contributed by atoms with Gasteiger partial charge in [0, 0.05) is 18.8 Å². The van der Waals surface area contributed by atoms with Crippen molar-refractivity contribution < 1.29 is 4.39 Å². The van der Waals surface area contributed by atoms with Crippen LogP contribution in [0.15, 0.2) is 42.5 Å². The monoisotopic (exact) mass is 272 g/mol. The van der Waals surface area contributed by atoms with E-state index in [0.717, 1.165) is 18.5 Å². The number of nitrogen functional groups attached to an aromatic ring is 1. The number of nitrogens with zero attached hydrogens (tertiary/aromatic N) is 1. The van der Waals surface area contributed by atoms with Gasteiger partial charge in [-0.2, -0.15) is 0 Å². The maximum atomic E-state index is 13.0. The minimum Gasteiger partial charge on any atom is -0.398 e. The molecule has 2 nitrogen and oxygen atoms in total. The molecular formula is C17H21FN2. The van der Waals surface area contributed by atoms with Crippen LogP contribution in [0.2, 0.25) is 0 Å². The van der Waals surface area contributed by atoms with Gasteiger partial charge in [-0.1, -0.05) is 37.3 Å². The molecule has 0 aliphatic carbocycles. The lowest BCUT2D eigenvalue weighted by atomic mass is 10.1. The van der Waals surface area contributed by atoms with E-state index in [4.69, 9.17) is 5.73 Å². The van der Waals surface area contributed by atoms with Crippen LogP contribution >= 0.6 is 0 Å². The zero-order valence-electron chi connectivity index (χ0n) is 12.1. The van der Waals surface area contributed by atoms with Crippen LogP contribution in [0.4, 0.5) is 10.1 Å². The summed E-state index contributed by atoms with van der Waals surface area (Å²) in [4.78, 5) is 2.17. The second-order valence-corrected chi connectivity index (χ2v) is 5.19. The van der Waals surface area contributed by atoms with E-state index in [1.54, 1.807) is 6.07 Å². The van der Waals surface area contributed by atoms with E-state index in [1.807, 2.05) is 7.05 Å². The molecule has 0 spiro atoms. The Kier molecular flexibility index (Phi) is 4.74. The van der Waals surface area contributed by atoms with Crippen molar-refractivity contribution in [2.75, 3.05) is 12.8 Å². The van der Waals surface area contributed by atoms with Crippen molar-refractivity contribution in [3.63, 3.8) is 0 Å². The van der Waals surface area contributed by atoms with Crippen LogP contribution in [0.3, 0.4) is 0 Å². The summed E-state index contributed by atoms with van der Waals surface area (Å²) in [5, 5.41) is 0. The average Bonchev–Trinajstić information content (AvgIpc) is 2.43. The zero-order valence-corrected chi connectivity index (χ0v) is 12.1. The van der Waals surface area contributed by atoms with Crippen molar-refractivity contribution in [3.8, 4) is 0 Å². The molecule has 0 radical (unpaired) electrons. The van der Waals surface area contributed by atoms with Gasteiger partial charge in [-0.3, -0.25) is 4.90 Å². The molecule has 0 unspecified atom stereocenters. The standard InChI is InChI=1S/C17H21FN2/c1-3-13-4-6-14(7-5-13)11-20(2)12-15-8-9-16(18)10-17(15)19/h4-10H,3,11-12,19H2,1-2H3. The molecule has 2 aromatic carbocycles. The summed E-state index contributed by atoms with van der Waals surface area (Å²) < 4.78 is 13.0. The molecule has 106 valence electrons. The lowest BCUT2D eigenvalue weighted by Crippen LogP contribution is -2.18. The predicted octanol–water partition coefficient (Wildman–Crippen LogP) is 3.60. The zero-order chi connectivity index (χ0) is 14.5. The van der Waals surface area contributed by atoms with Gasteiger partial charge in [0.05, 0.1) is 0 Å². The molecule has 2 rings (SSSR count). The molecule has 20 heavy (non-hydrogen) atoms. The number of anilines is 1. The minimum atomic E-state index is -0.288. The quantitative estimate of drug-likeness (QED) is 0.843. The number of nitrogens with two attached hydrogens (primary N) is 1. The largest absolute Gasteiger partial charge is 0.398 e. The van der Waals surface area contributed by atoms with Crippen LogP contribution in [-0.4, -0.2) is 11.9 Å². The Morgan fingerprint density at radius 3 is 2.25 bits per heavy atom. The number of halogens is 1. The smallest absolute Gasteiger partial charge is 0.125 e. The summed E-state index contributed by atoms with van der Waals surface area (Å²) in [6.07, 6.45) is 1.06. The van der Waals surface area contributed by atoms with Gasteiger partial charge in [0.25, 0.3) is 0 Å². The Labute approximate surface area is 120 Å². The molecule has 0 aliphatic rings.